The average molecular weight is 293 g/mol. The second-order valence-corrected chi connectivity index (χ2v) is 5.61. The fourth-order valence-electron chi connectivity index (χ4n) is 3.27. The summed E-state index contributed by atoms with van der Waals surface area (Å²) in [4.78, 5) is 28.3. The van der Waals surface area contributed by atoms with E-state index in [1.54, 1.807) is 13.8 Å². The van der Waals surface area contributed by atoms with E-state index in [4.69, 9.17) is 10.3 Å². The number of aromatic nitrogens is 2. The maximum atomic E-state index is 11.9. The van der Waals surface area contributed by atoms with Gasteiger partial charge in [-0.2, -0.15) is 0 Å². The Bertz CT molecular complexity index is 749. The summed E-state index contributed by atoms with van der Waals surface area (Å²) in [5.41, 5.74) is 6.94. The van der Waals surface area contributed by atoms with Crippen molar-refractivity contribution in [2.45, 2.75) is 38.3 Å². The third kappa shape index (κ3) is 1.75. The Kier molecular flexibility index (Phi) is 2.94. The first-order chi connectivity index (χ1) is 9.90. The van der Waals surface area contributed by atoms with Crippen molar-refractivity contribution in [1.29, 1.82) is 0 Å². The van der Waals surface area contributed by atoms with E-state index in [9.17, 15) is 14.7 Å². The lowest BCUT2D eigenvalue weighted by molar-refractivity contribution is -0.216. The van der Waals surface area contributed by atoms with Crippen LogP contribution >= 0.6 is 0 Å². The van der Waals surface area contributed by atoms with Crippen LogP contribution in [0.5, 0.6) is 0 Å². The molecule has 3 rings (SSSR count). The molecule has 2 fully saturated rings. The van der Waals surface area contributed by atoms with Crippen LogP contribution in [0.25, 0.3) is 10.4 Å². The molecule has 0 amide bonds. The zero-order valence-electron chi connectivity index (χ0n) is 11.6. The minimum atomic E-state index is -1.12. The maximum absolute atomic E-state index is 11.9. The average Bonchev–Trinajstić information content (AvgIpc) is 2.79. The Labute approximate surface area is 118 Å². The molecule has 112 valence electrons. The maximum Gasteiger partial charge on any atom is 0.330 e. The van der Waals surface area contributed by atoms with Gasteiger partial charge in [-0.05, 0) is 12.5 Å². The first-order valence-corrected chi connectivity index (χ1v) is 6.65. The van der Waals surface area contributed by atoms with Crippen LogP contribution in [0.15, 0.2) is 20.9 Å². The van der Waals surface area contributed by atoms with Crippen LogP contribution in [-0.2, 0) is 4.74 Å². The first-order valence-electron chi connectivity index (χ1n) is 6.65. The number of hydrogen-bond donors (Lipinski definition) is 2. The molecule has 5 unspecified atom stereocenters. The van der Waals surface area contributed by atoms with Crippen molar-refractivity contribution in [2.75, 3.05) is 0 Å². The highest BCUT2D eigenvalue weighted by atomic mass is 16.6. The van der Waals surface area contributed by atoms with E-state index in [1.165, 1.54) is 10.8 Å². The van der Waals surface area contributed by atoms with Gasteiger partial charge in [0.05, 0.1) is 6.10 Å². The van der Waals surface area contributed by atoms with Crippen molar-refractivity contribution >= 4 is 0 Å². The molecule has 2 heterocycles. The normalized spacial score (nSPS) is 37.5. The number of fused-ring (bicyclic) bond motifs is 1. The third-order valence-corrected chi connectivity index (χ3v) is 4.55. The monoisotopic (exact) mass is 293 g/mol. The summed E-state index contributed by atoms with van der Waals surface area (Å²) in [6.07, 6.45) is 0.441. The second kappa shape index (κ2) is 4.45. The van der Waals surface area contributed by atoms with Crippen LogP contribution < -0.4 is 11.2 Å². The molecule has 9 heteroatoms. The van der Waals surface area contributed by atoms with E-state index >= 15 is 0 Å². The Morgan fingerprint density at radius 3 is 3.00 bits per heavy atom. The number of H-pyrrole nitrogens is 1. The number of ether oxygens (including phenoxy) is 1. The molecule has 5 atom stereocenters. The quantitative estimate of drug-likeness (QED) is 0.463. The number of rotatable bonds is 2. The summed E-state index contributed by atoms with van der Waals surface area (Å²) in [5.74, 6) is -0.699. The summed E-state index contributed by atoms with van der Waals surface area (Å²) in [6.45, 7) is 3.32. The minimum absolute atomic E-state index is 0.343. The predicted molar refractivity (Wildman–Crippen MR) is 71.3 cm³/mol. The fourth-order valence-corrected chi connectivity index (χ4v) is 3.27. The zero-order valence-corrected chi connectivity index (χ0v) is 11.6. The van der Waals surface area contributed by atoms with Crippen LogP contribution in [-0.4, -0.2) is 26.5 Å². The number of hydrogen-bond acceptors (Lipinski definition) is 5. The predicted octanol–water partition coefficient (Wildman–Crippen LogP) is 0.397. The molecule has 21 heavy (non-hydrogen) atoms. The SMILES string of the molecule is Cc1cn(C2CC3C(O)C(C)C3(N=[N+]=[N-])O2)c(=O)[nH]c1=O. The molecule has 2 N–H and O–H groups in total. The molecular weight excluding hydrogens is 278 g/mol. The van der Waals surface area contributed by atoms with Gasteiger partial charge in [-0.1, -0.05) is 12.0 Å². The molecule has 1 aliphatic carbocycles. The van der Waals surface area contributed by atoms with E-state index in [1.807, 2.05) is 0 Å². The zero-order chi connectivity index (χ0) is 15.4. The summed E-state index contributed by atoms with van der Waals surface area (Å²) in [6, 6.07) is 0. The van der Waals surface area contributed by atoms with Gasteiger partial charge in [-0.15, -0.1) is 0 Å². The number of aliphatic hydroxyl groups excluding tert-OH is 1. The molecular formula is C12H15N5O4. The summed E-state index contributed by atoms with van der Waals surface area (Å²) in [5, 5.41) is 13.7. The molecule has 2 aliphatic rings. The standard InChI is InChI=1S/C12H15N5O4/c1-5-4-17(11(20)14-10(5)19)8-3-7-9(18)6(2)12(7,21-8)15-16-13/h4,6-9,18H,3H2,1-2H3,(H,14,19,20). The molecule has 0 aromatic carbocycles. The number of aromatic amines is 1. The van der Waals surface area contributed by atoms with Crippen molar-refractivity contribution in [3.8, 4) is 0 Å². The smallest absolute Gasteiger partial charge is 0.330 e. The van der Waals surface area contributed by atoms with E-state index < -0.39 is 29.3 Å². The summed E-state index contributed by atoms with van der Waals surface area (Å²) < 4.78 is 7.06. The van der Waals surface area contributed by atoms with E-state index in [0.717, 1.165) is 0 Å². The van der Waals surface area contributed by atoms with Crippen molar-refractivity contribution < 1.29 is 9.84 Å². The molecule has 1 saturated carbocycles. The van der Waals surface area contributed by atoms with Gasteiger partial charge in [0.25, 0.3) is 5.56 Å². The van der Waals surface area contributed by atoms with Gasteiger partial charge < -0.3 is 9.84 Å². The summed E-state index contributed by atoms with van der Waals surface area (Å²) >= 11 is 0. The van der Waals surface area contributed by atoms with E-state index in [-0.39, 0.29) is 11.8 Å². The third-order valence-electron chi connectivity index (χ3n) is 4.55. The lowest BCUT2D eigenvalue weighted by Crippen LogP contribution is -2.61. The van der Waals surface area contributed by atoms with Crippen molar-refractivity contribution in [3.63, 3.8) is 0 Å². The molecule has 0 spiro atoms. The number of nitrogens with one attached hydrogen (secondary N) is 1. The van der Waals surface area contributed by atoms with Crippen LogP contribution in [0.2, 0.25) is 0 Å². The highest BCUT2D eigenvalue weighted by Crippen LogP contribution is 2.58. The number of aliphatic hydroxyl groups is 1. The van der Waals surface area contributed by atoms with Gasteiger partial charge in [-0.25, -0.2) is 4.79 Å². The van der Waals surface area contributed by atoms with E-state index in [0.29, 0.717) is 12.0 Å². The van der Waals surface area contributed by atoms with Gasteiger partial charge >= 0.3 is 5.69 Å². The highest BCUT2D eigenvalue weighted by Gasteiger charge is 2.66. The van der Waals surface area contributed by atoms with Gasteiger partial charge in [0.1, 0.15) is 6.23 Å². The lowest BCUT2D eigenvalue weighted by atomic mass is 9.65. The molecule has 1 aromatic rings. The van der Waals surface area contributed by atoms with Crippen LogP contribution in [0.4, 0.5) is 0 Å². The molecule has 0 bridgehead atoms. The lowest BCUT2D eigenvalue weighted by Gasteiger charge is -2.50. The number of nitrogens with zero attached hydrogens (tertiary/aromatic N) is 4. The molecule has 1 aromatic heterocycles. The summed E-state index contributed by atoms with van der Waals surface area (Å²) in [7, 11) is 0. The Morgan fingerprint density at radius 2 is 2.33 bits per heavy atom. The number of aryl methyl sites for hydroxylation is 1. The van der Waals surface area contributed by atoms with Gasteiger partial charge in [0, 0.05) is 34.9 Å². The van der Waals surface area contributed by atoms with Crippen LogP contribution in [0.3, 0.4) is 0 Å². The highest BCUT2D eigenvalue weighted by molar-refractivity contribution is 5.12. The molecule has 1 saturated heterocycles. The van der Waals surface area contributed by atoms with Crippen molar-refractivity contribution in [2.24, 2.45) is 17.0 Å². The minimum Gasteiger partial charge on any atom is -0.392 e. The molecule has 0 radical (unpaired) electrons. The van der Waals surface area contributed by atoms with Gasteiger partial charge in [0.2, 0.25) is 0 Å². The van der Waals surface area contributed by atoms with Crippen molar-refractivity contribution in [1.82, 2.24) is 9.55 Å². The first kappa shape index (κ1) is 13.9. The Morgan fingerprint density at radius 1 is 1.62 bits per heavy atom. The van der Waals surface area contributed by atoms with Gasteiger partial charge in [-0.3, -0.25) is 14.3 Å². The fraction of sp³-hybridized carbons (Fsp3) is 0.667. The molecule has 9 nitrogen and oxygen atoms in total. The second-order valence-electron chi connectivity index (χ2n) is 5.61. The molecule has 1 aliphatic heterocycles. The van der Waals surface area contributed by atoms with Crippen molar-refractivity contribution in [3.05, 3.63) is 43.0 Å². The van der Waals surface area contributed by atoms with Gasteiger partial charge in [0.15, 0.2) is 5.72 Å². The van der Waals surface area contributed by atoms with Crippen LogP contribution in [0.1, 0.15) is 25.1 Å². The Balaban J connectivity index is 2.01. The van der Waals surface area contributed by atoms with E-state index in [2.05, 4.69) is 15.0 Å². The Hall–Kier alpha value is -2.09. The largest absolute Gasteiger partial charge is 0.392 e. The van der Waals surface area contributed by atoms with Crippen LogP contribution in [0, 0.1) is 18.8 Å². The number of azide groups is 1. The topological polar surface area (TPSA) is 133 Å².